The maximum atomic E-state index is 12.3. The summed E-state index contributed by atoms with van der Waals surface area (Å²) in [6.45, 7) is 1.96. The molecule has 2 amide bonds. The highest BCUT2D eigenvalue weighted by atomic mass is 16.2. The molecule has 0 bridgehead atoms. The van der Waals surface area contributed by atoms with E-state index >= 15 is 0 Å². The molecule has 1 aliphatic rings. The first-order valence-corrected chi connectivity index (χ1v) is 5.68. The third-order valence-corrected chi connectivity index (χ3v) is 3.37. The summed E-state index contributed by atoms with van der Waals surface area (Å²) >= 11 is 0. The molecule has 1 heterocycles. The molecule has 0 aliphatic carbocycles. The highest BCUT2D eigenvalue weighted by molar-refractivity contribution is 6.09. The van der Waals surface area contributed by atoms with Gasteiger partial charge in [-0.1, -0.05) is 43.3 Å². The Morgan fingerprint density at radius 3 is 2.41 bits per heavy atom. The number of hydrogen-bond acceptors (Lipinski definition) is 2. The van der Waals surface area contributed by atoms with Gasteiger partial charge in [0.2, 0.25) is 5.91 Å². The van der Waals surface area contributed by atoms with Gasteiger partial charge in [-0.05, 0) is 12.0 Å². The topological polar surface area (TPSA) is 37.4 Å². The molecule has 2 rings (SSSR count). The summed E-state index contributed by atoms with van der Waals surface area (Å²) in [5.41, 5.74) is 0.243. The molecule has 0 saturated heterocycles. The van der Waals surface area contributed by atoms with Gasteiger partial charge in [-0.25, -0.2) is 0 Å². The third kappa shape index (κ3) is 1.68. The van der Waals surface area contributed by atoms with E-state index in [1.807, 2.05) is 37.3 Å². The van der Waals surface area contributed by atoms with Crippen LogP contribution in [0, 0.1) is 0 Å². The van der Waals surface area contributed by atoms with Gasteiger partial charge in [0.15, 0.2) is 0 Å². The number of amides is 2. The Morgan fingerprint density at radius 1 is 1.18 bits per heavy atom. The summed E-state index contributed by atoms with van der Waals surface area (Å²) < 4.78 is 0. The molecule has 3 heteroatoms. The number of carbonyl (C=O) groups is 2. The number of hydrogen-bond donors (Lipinski definition) is 0. The zero-order valence-corrected chi connectivity index (χ0v) is 10.0. The van der Waals surface area contributed by atoms with Crippen molar-refractivity contribution in [3.8, 4) is 0 Å². The monoisotopic (exact) mass is 229 g/mol. The molecule has 0 saturated carbocycles. The number of benzene rings is 1. The maximum Gasteiger partial charge on any atom is 0.252 e. The Bertz CT molecular complexity index is 478. The number of nitrogens with zero attached hydrogens (tertiary/aromatic N) is 1. The predicted molar refractivity (Wildman–Crippen MR) is 65.3 cm³/mol. The van der Waals surface area contributed by atoms with Crippen LogP contribution in [-0.2, 0) is 15.0 Å². The van der Waals surface area contributed by atoms with Gasteiger partial charge in [0.05, 0.1) is 5.41 Å². The molecule has 1 unspecified atom stereocenters. The molecule has 1 aromatic rings. The molecule has 0 N–H and O–H groups in total. The minimum atomic E-state index is -0.691. The van der Waals surface area contributed by atoms with Crippen molar-refractivity contribution in [2.24, 2.45) is 0 Å². The predicted octanol–water partition coefficient (Wildman–Crippen LogP) is 1.89. The van der Waals surface area contributed by atoms with Gasteiger partial charge in [-0.15, -0.1) is 0 Å². The fourth-order valence-electron chi connectivity index (χ4n) is 2.22. The van der Waals surface area contributed by atoms with E-state index in [9.17, 15) is 9.59 Å². The first kappa shape index (κ1) is 11.6. The van der Waals surface area contributed by atoms with Crippen LogP contribution < -0.4 is 0 Å². The second-order valence-electron chi connectivity index (χ2n) is 4.23. The van der Waals surface area contributed by atoms with Crippen molar-refractivity contribution in [3.63, 3.8) is 0 Å². The second-order valence-corrected chi connectivity index (χ2v) is 4.23. The van der Waals surface area contributed by atoms with Gasteiger partial charge < -0.3 is 0 Å². The van der Waals surface area contributed by atoms with Crippen molar-refractivity contribution < 1.29 is 9.59 Å². The largest absolute Gasteiger partial charge is 0.281 e. The third-order valence-electron chi connectivity index (χ3n) is 3.37. The zero-order chi connectivity index (χ0) is 12.5. The van der Waals surface area contributed by atoms with Crippen LogP contribution in [-0.4, -0.2) is 23.8 Å². The van der Waals surface area contributed by atoms with Gasteiger partial charge in [-0.2, -0.15) is 0 Å². The molecular formula is C14H15NO2. The first-order chi connectivity index (χ1) is 8.12. The smallest absolute Gasteiger partial charge is 0.252 e. The van der Waals surface area contributed by atoms with Crippen molar-refractivity contribution >= 4 is 11.8 Å². The standard InChI is InChI=1S/C14H15NO2/c1-3-14(11-7-5-4-6-8-11)10-9-12(16)15(2)13(14)17/h4-10H,3H2,1-2H3. The Labute approximate surface area is 101 Å². The van der Waals surface area contributed by atoms with Crippen LogP contribution in [0.4, 0.5) is 0 Å². The van der Waals surface area contributed by atoms with Crippen LogP contribution in [0.25, 0.3) is 0 Å². The lowest BCUT2D eigenvalue weighted by molar-refractivity contribution is -0.144. The average molecular weight is 229 g/mol. The second kappa shape index (κ2) is 4.17. The fourth-order valence-corrected chi connectivity index (χ4v) is 2.22. The number of rotatable bonds is 2. The van der Waals surface area contributed by atoms with Gasteiger partial charge in [-0.3, -0.25) is 14.5 Å². The molecular weight excluding hydrogens is 214 g/mol. The van der Waals surface area contributed by atoms with E-state index in [1.165, 1.54) is 18.0 Å². The van der Waals surface area contributed by atoms with E-state index in [0.717, 1.165) is 5.56 Å². The lowest BCUT2D eigenvalue weighted by atomic mass is 9.75. The lowest BCUT2D eigenvalue weighted by Gasteiger charge is -2.35. The van der Waals surface area contributed by atoms with Crippen LogP contribution in [0.15, 0.2) is 42.5 Å². The fraction of sp³-hybridized carbons (Fsp3) is 0.286. The average Bonchev–Trinajstić information content (AvgIpc) is 2.38. The highest BCUT2D eigenvalue weighted by Crippen LogP contribution is 2.34. The Morgan fingerprint density at radius 2 is 1.82 bits per heavy atom. The quantitative estimate of drug-likeness (QED) is 0.726. The molecule has 0 aromatic heterocycles. The minimum absolute atomic E-state index is 0.154. The van der Waals surface area contributed by atoms with Gasteiger partial charge in [0.25, 0.3) is 5.91 Å². The van der Waals surface area contributed by atoms with Crippen LogP contribution in [0.2, 0.25) is 0 Å². The van der Waals surface area contributed by atoms with Crippen LogP contribution >= 0.6 is 0 Å². The van der Waals surface area contributed by atoms with Gasteiger partial charge in [0, 0.05) is 13.1 Å². The Hall–Kier alpha value is -1.90. The van der Waals surface area contributed by atoms with Gasteiger partial charge >= 0.3 is 0 Å². The van der Waals surface area contributed by atoms with E-state index in [4.69, 9.17) is 0 Å². The van der Waals surface area contributed by atoms with E-state index in [1.54, 1.807) is 6.08 Å². The lowest BCUT2D eigenvalue weighted by Crippen LogP contribution is -2.49. The van der Waals surface area contributed by atoms with Crippen molar-refractivity contribution in [2.75, 3.05) is 7.05 Å². The molecule has 1 atom stereocenters. The van der Waals surface area contributed by atoms with Crippen molar-refractivity contribution in [3.05, 3.63) is 48.0 Å². The first-order valence-electron chi connectivity index (χ1n) is 5.68. The summed E-state index contributed by atoms with van der Waals surface area (Å²) in [7, 11) is 1.53. The molecule has 88 valence electrons. The van der Waals surface area contributed by atoms with E-state index in [-0.39, 0.29) is 11.8 Å². The summed E-state index contributed by atoms with van der Waals surface area (Å²) in [5.74, 6) is -0.409. The van der Waals surface area contributed by atoms with Crippen LogP contribution in [0.1, 0.15) is 18.9 Å². The molecule has 0 radical (unpaired) electrons. The van der Waals surface area contributed by atoms with Gasteiger partial charge in [0.1, 0.15) is 0 Å². The molecule has 3 nitrogen and oxygen atoms in total. The molecule has 1 aliphatic heterocycles. The molecule has 1 aromatic carbocycles. The summed E-state index contributed by atoms with van der Waals surface area (Å²) in [6, 6.07) is 9.58. The van der Waals surface area contributed by atoms with E-state index in [2.05, 4.69) is 0 Å². The number of carbonyl (C=O) groups excluding carboxylic acids is 2. The summed E-state index contributed by atoms with van der Waals surface area (Å²) in [5, 5.41) is 0. The van der Waals surface area contributed by atoms with E-state index < -0.39 is 5.41 Å². The van der Waals surface area contributed by atoms with Crippen molar-refractivity contribution in [1.29, 1.82) is 0 Å². The summed E-state index contributed by atoms with van der Waals surface area (Å²) in [4.78, 5) is 25.0. The minimum Gasteiger partial charge on any atom is -0.281 e. The summed E-state index contributed by atoms with van der Waals surface area (Å²) in [6.07, 6.45) is 3.86. The van der Waals surface area contributed by atoms with Crippen molar-refractivity contribution in [1.82, 2.24) is 4.90 Å². The Kier molecular flexibility index (Phi) is 2.84. The SMILES string of the molecule is CCC1(c2ccccc2)C=CC(=O)N(C)C1=O. The van der Waals surface area contributed by atoms with Crippen molar-refractivity contribution in [2.45, 2.75) is 18.8 Å². The molecule has 0 spiro atoms. The number of imide groups is 1. The zero-order valence-electron chi connectivity index (χ0n) is 10.0. The molecule has 0 fully saturated rings. The normalized spacial score (nSPS) is 24.2. The molecule has 17 heavy (non-hydrogen) atoms. The highest BCUT2D eigenvalue weighted by Gasteiger charge is 2.42. The maximum absolute atomic E-state index is 12.3. The van der Waals surface area contributed by atoms with E-state index in [0.29, 0.717) is 6.42 Å². The number of likely N-dealkylation sites (N-methyl/N-ethyl adjacent to an activating group) is 1. The Balaban J connectivity index is 2.56. The van der Waals surface area contributed by atoms with Crippen LogP contribution in [0.3, 0.4) is 0 Å². The van der Waals surface area contributed by atoms with Crippen LogP contribution in [0.5, 0.6) is 0 Å².